The van der Waals surface area contributed by atoms with Crippen molar-refractivity contribution in [2.45, 2.75) is 45.9 Å². The molecule has 1 aromatic carbocycles. The van der Waals surface area contributed by atoms with Crippen LogP contribution in [-0.2, 0) is 38.7 Å². The van der Waals surface area contributed by atoms with Crippen molar-refractivity contribution in [2.75, 3.05) is 0 Å². The Morgan fingerprint density at radius 2 is 1.88 bits per heavy atom. The lowest BCUT2D eigenvalue weighted by atomic mass is 9.86. The highest BCUT2D eigenvalue weighted by Crippen LogP contribution is 2.19. The molecule has 1 aliphatic rings. The number of nitrogens with one attached hydrogen (secondary N) is 2. The molecule has 2 heterocycles. The Labute approximate surface area is 186 Å². The predicted molar refractivity (Wildman–Crippen MR) is 116 cm³/mol. The molecule has 2 bridgehead atoms. The second kappa shape index (κ2) is 10.7. The number of benzene rings is 1. The average Bonchev–Trinajstić information content (AvgIpc) is 2.82. The number of hydrogen-bond acceptors (Lipinski definition) is 6. The van der Waals surface area contributed by atoms with Crippen molar-refractivity contribution in [2.24, 2.45) is 11.8 Å². The van der Waals surface area contributed by atoms with Crippen molar-refractivity contribution in [3.05, 3.63) is 65.5 Å². The SMILES string of the molecule is CC(C)C(NC(=O)OCc1ccccc1)C(=O)CC1Cc2cncc(c2)CNC(=O)C1=O. The highest BCUT2D eigenvalue weighted by Gasteiger charge is 2.33. The van der Waals surface area contributed by atoms with Gasteiger partial charge in [0.2, 0.25) is 5.78 Å². The Bertz CT molecular complexity index is 990. The second-order valence-electron chi connectivity index (χ2n) is 8.25. The van der Waals surface area contributed by atoms with E-state index in [4.69, 9.17) is 4.74 Å². The van der Waals surface area contributed by atoms with E-state index in [9.17, 15) is 19.2 Å². The number of carbonyl (C=O) groups is 4. The van der Waals surface area contributed by atoms with Crippen molar-refractivity contribution in [1.82, 2.24) is 15.6 Å². The van der Waals surface area contributed by atoms with Gasteiger partial charge < -0.3 is 15.4 Å². The molecule has 0 spiro atoms. The summed E-state index contributed by atoms with van der Waals surface area (Å²) in [5, 5.41) is 5.19. The first kappa shape index (κ1) is 23.1. The van der Waals surface area contributed by atoms with E-state index in [1.54, 1.807) is 26.2 Å². The molecule has 0 aliphatic carbocycles. The maximum Gasteiger partial charge on any atom is 0.408 e. The Morgan fingerprint density at radius 3 is 2.59 bits per heavy atom. The van der Waals surface area contributed by atoms with E-state index in [2.05, 4.69) is 15.6 Å². The number of pyridine rings is 1. The smallest absolute Gasteiger partial charge is 0.408 e. The molecule has 2 amide bonds. The number of nitrogens with zero attached hydrogens (tertiary/aromatic N) is 1. The Kier molecular flexibility index (Phi) is 7.70. The lowest BCUT2D eigenvalue weighted by Gasteiger charge is -2.23. The zero-order valence-electron chi connectivity index (χ0n) is 18.2. The van der Waals surface area contributed by atoms with Crippen LogP contribution in [0.15, 0.2) is 48.8 Å². The molecule has 2 unspecified atom stereocenters. The Balaban J connectivity index is 1.66. The minimum atomic E-state index is -0.841. The summed E-state index contributed by atoms with van der Waals surface area (Å²) >= 11 is 0. The van der Waals surface area contributed by atoms with Gasteiger partial charge in [-0.2, -0.15) is 0 Å². The largest absolute Gasteiger partial charge is 0.445 e. The summed E-state index contributed by atoms with van der Waals surface area (Å²) in [5.41, 5.74) is 2.40. The number of amides is 2. The number of fused-ring (bicyclic) bond motifs is 2. The van der Waals surface area contributed by atoms with Crippen molar-refractivity contribution in [3.63, 3.8) is 0 Å². The Morgan fingerprint density at radius 1 is 1.16 bits per heavy atom. The number of ether oxygens (including phenoxy) is 1. The van der Waals surface area contributed by atoms with E-state index in [1.807, 2.05) is 36.4 Å². The van der Waals surface area contributed by atoms with Crippen molar-refractivity contribution >= 4 is 23.6 Å². The molecule has 1 aromatic heterocycles. The van der Waals surface area contributed by atoms with Crippen LogP contribution in [0.25, 0.3) is 0 Å². The van der Waals surface area contributed by atoms with Gasteiger partial charge in [0, 0.05) is 31.3 Å². The minimum Gasteiger partial charge on any atom is -0.445 e. The van der Waals surface area contributed by atoms with Crippen molar-refractivity contribution < 1.29 is 23.9 Å². The van der Waals surface area contributed by atoms with Gasteiger partial charge in [-0.1, -0.05) is 50.2 Å². The minimum absolute atomic E-state index is 0.0797. The molecule has 2 N–H and O–H groups in total. The van der Waals surface area contributed by atoms with Gasteiger partial charge in [-0.3, -0.25) is 19.4 Å². The number of alkyl carbamates (subject to hydrolysis) is 1. The highest BCUT2D eigenvalue weighted by atomic mass is 16.5. The molecule has 2 atom stereocenters. The monoisotopic (exact) mass is 437 g/mol. The van der Waals surface area contributed by atoms with E-state index in [1.165, 1.54) is 0 Å². The summed E-state index contributed by atoms with van der Waals surface area (Å²) in [6.07, 6.45) is 2.60. The molecule has 0 radical (unpaired) electrons. The van der Waals surface area contributed by atoms with E-state index in [0.29, 0.717) is 0 Å². The number of carbonyl (C=O) groups excluding carboxylic acids is 4. The first-order chi connectivity index (χ1) is 15.3. The van der Waals surface area contributed by atoms with Gasteiger partial charge >= 0.3 is 6.09 Å². The lowest BCUT2D eigenvalue weighted by molar-refractivity contribution is -0.141. The zero-order chi connectivity index (χ0) is 23.1. The summed E-state index contributed by atoms with van der Waals surface area (Å²) in [4.78, 5) is 54.4. The fourth-order valence-corrected chi connectivity index (χ4v) is 3.63. The fourth-order valence-electron chi connectivity index (χ4n) is 3.63. The van der Waals surface area contributed by atoms with Crippen LogP contribution in [-0.4, -0.2) is 34.6 Å². The predicted octanol–water partition coefficient (Wildman–Crippen LogP) is 2.35. The number of Topliss-reactive ketones (excluding diaryl/α,β-unsaturated/α-hetero) is 2. The van der Waals surface area contributed by atoms with Crippen LogP contribution in [0, 0.1) is 11.8 Å². The van der Waals surface area contributed by atoms with E-state index in [-0.39, 0.29) is 37.7 Å². The van der Waals surface area contributed by atoms with E-state index >= 15 is 0 Å². The Hall–Kier alpha value is -3.55. The summed E-state index contributed by atoms with van der Waals surface area (Å²) in [6.45, 7) is 3.88. The van der Waals surface area contributed by atoms with Crippen LogP contribution in [0.3, 0.4) is 0 Å². The molecule has 32 heavy (non-hydrogen) atoms. The van der Waals surface area contributed by atoms with Gasteiger partial charge in [-0.05, 0) is 29.0 Å². The van der Waals surface area contributed by atoms with Crippen LogP contribution in [0.2, 0.25) is 0 Å². The van der Waals surface area contributed by atoms with Crippen LogP contribution >= 0.6 is 0 Å². The third-order valence-corrected chi connectivity index (χ3v) is 5.33. The second-order valence-corrected chi connectivity index (χ2v) is 8.25. The lowest BCUT2D eigenvalue weighted by Crippen LogP contribution is -2.46. The van der Waals surface area contributed by atoms with E-state index < -0.39 is 29.7 Å². The van der Waals surface area contributed by atoms with Crippen LogP contribution in [0.5, 0.6) is 0 Å². The molecule has 168 valence electrons. The van der Waals surface area contributed by atoms with Crippen molar-refractivity contribution in [1.29, 1.82) is 0 Å². The average molecular weight is 437 g/mol. The van der Waals surface area contributed by atoms with Gasteiger partial charge in [-0.25, -0.2) is 4.79 Å². The molecule has 1 aliphatic heterocycles. The number of aromatic nitrogens is 1. The van der Waals surface area contributed by atoms with Crippen LogP contribution < -0.4 is 10.6 Å². The molecule has 0 saturated carbocycles. The summed E-state index contributed by atoms with van der Waals surface area (Å²) in [6, 6.07) is 10.2. The van der Waals surface area contributed by atoms with Gasteiger partial charge in [0.1, 0.15) is 6.61 Å². The summed E-state index contributed by atoms with van der Waals surface area (Å²) in [7, 11) is 0. The summed E-state index contributed by atoms with van der Waals surface area (Å²) in [5.74, 6) is -2.75. The third kappa shape index (κ3) is 6.23. The summed E-state index contributed by atoms with van der Waals surface area (Å²) < 4.78 is 5.23. The number of ketones is 2. The fraction of sp³-hybridized carbons (Fsp3) is 0.375. The van der Waals surface area contributed by atoms with Gasteiger partial charge in [-0.15, -0.1) is 0 Å². The quantitative estimate of drug-likeness (QED) is 0.643. The van der Waals surface area contributed by atoms with Gasteiger partial charge in [0.25, 0.3) is 5.91 Å². The normalized spacial score (nSPS) is 16.9. The number of hydrogen-bond donors (Lipinski definition) is 2. The first-order valence-electron chi connectivity index (χ1n) is 10.6. The molecule has 0 saturated heterocycles. The standard InChI is InChI=1S/C24H27N3O5/c1-15(2)21(27-24(31)32-14-16-6-4-3-5-7-16)20(28)10-19-9-17-8-18(12-25-11-17)13-26-23(30)22(19)29/h3-8,11-12,15,19,21H,9-10,13-14H2,1-2H3,(H,26,30)(H,27,31). The van der Waals surface area contributed by atoms with Gasteiger partial charge in [0.05, 0.1) is 6.04 Å². The van der Waals surface area contributed by atoms with Gasteiger partial charge in [0.15, 0.2) is 5.78 Å². The molecule has 2 aromatic rings. The number of rotatable bonds is 7. The van der Waals surface area contributed by atoms with Crippen molar-refractivity contribution in [3.8, 4) is 0 Å². The molecule has 3 rings (SSSR count). The molecular weight excluding hydrogens is 410 g/mol. The van der Waals surface area contributed by atoms with Crippen LogP contribution in [0.1, 0.15) is 37.0 Å². The zero-order valence-corrected chi connectivity index (χ0v) is 18.2. The van der Waals surface area contributed by atoms with Crippen LogP contribution in [0.4, 0.5) is 4.79 Å². The molecule has 0 fully saturated rings. The maximum absolute atomic E-state index is 13.1. The third-order valence-electron chi connectivity index (χ3n) is 5.33. The van der Waals surface area contributed by atoms with E-state index in [0.717, 1.165) is 16.7 Å². The molecular formula is C24H27N3O5. The first-order valence-corrected chi connectivity index (χ1v) is 10.6. The molecule has 8 heteroatoms. The molecule has 8 nitrogen and oxygen atoms in total. The maximum atomic E-state index is 13.1. The topological polar surface area (TPSA) is 114 Å². The highest BCUT2D eigenvalue weighted by molar-refractivity contribution is 6.37.